The molecule has 1 aromatic heterocycles. The van der Waals surface area contributed by atoms with Crippen LogP contribution in [-0.2, 0) is 4.74 Å². The highest BCUT2D eigenvalue weighted by molar-refractivity contribution is 9.10. The molecule has 1 heterocycles. The molecule has 0 bridgehead atoms. The fourth-order valence-electron chi connectivity index (χ4n) is 1.56. The van der Waals surface area contributed by atoms with Crippen LogP contribution in [0.15, 0.2) is 50.9 Å². The summed E-state index contributed by atoms with van der Waals surface area (Å²) >= 11 is 4.83. The highest BCUT2D eigenvalue weighted by atomic mass is 79.9. The zero-order chi connectivity index (χ0) is 14.5. The molecular formula is C14H13BrN2O2S. The number of esters is 1. The Morgan fingerprint density at radius 3 is 2.95 bits per heavy atom. The molecule has 0 saturated heterocycles. The van der Waals surface area contributed by atoms with E-state index >= 15 is 0 Å². The third kappa shape index (κ3) is 3.52. The van der Waals surface area contributed by atoms with Gasteiger partial charge in [0.1, 0.15) is 5.03 Å². The molecule has 20 heavy (non-hydrogen) atoms. The number of ether oxygens (including phenoxy) is 1. The minimum atomic E-state index is -0.380. The Bertz CT molecular complexity index is 634. The Hall–Kier alpha value is -1.53. The van der Waals surface area contributed by atoms with Crippen molar-refractivity contribution in [3.05, 3.63) is 46.6 Å². The van der Waals surface area contributed by atoms with Crippen molar-refractivity contribution >= 4 is 39.3 Å². The Labute approximate surface area is 129 Å². The van der Waals surface area contributed by atoms with E-state index < -0.39 is 0 Å². The van der Waals surface area contributed by atoms with Gasteiger partial charge in [-0.1, -0.05) is 11.8 Å². The number of halogens is 1. The first-order valence-electron chi connectivity index (χ1n) is 5.97. The van der Waals surface area contributed by atoms with E-state index in [0.29, 0.717) is 17.9 Å². The Morgan fingerprint density at radius 2 is 2.25 bits per heavy atom. The SMILES string of the molecule is CCOC(=O)c1cc(N)ccc1Sc1ncccc1Br. The number of hydrogen-bond acceptors (Lipinski definition) is 5. The predicted octanol–water partition coefficient (Wildman–Crippen LogP) is 3.75. The molecule has 0 radical (unpaired) electrons. The molecule has 0 aliphatic rings. The van der Waals surface area contributed by atoms with Crippen molar-refractivity contribution in [3.8, 4) is 0 Å². The molecule has 0 aliphatic carbocycles. The van der Waals surface area contributed by atoms with E-state index in [9.17, 15) is 4.79 Å². The number of nitrogens with zero attached hydrogens (tertiary/aromatic N) is 1. The summed E-state index contributed by atoms with van der Waals surface area (Å²) in [5.41, 5.74) is 6.72. The molecule has 1 aromatic carbocycles. The molecule has 4 nitrogen and oxygen atoms in total. The van der Waals surface area contributed by atoms with Gasteiger partial charge in [0, 0.05) is 16.8 Å². The third-order valence-electron chi connectivity index (χ3n) is 2.43. The van der Waals surface area contributed by atoms with Gasteiger partial charge >= 0.3 is 5.97 Å². The van der Waals surface area contributed by atoms with Crippen LogP contribution in [0.3, 0.4) is 0 Å². The summed E-state index contributed by atoms with van der Waals surface area (Å²) in [6, 6.07) is 8.91. The first-order chi connectivity index (χ1) is 9.61. The van der Waals surface area contributed by atoms with E-state index in [1.54, 1.807) is 31.3 Å². The summed E-state index contributed by atoms with van der Waals surface area (Å²) in [5.74, 6) is -0.380. The number of nitrogens with two attached hydrogens (primary N) is 1. The number of carbonyl (C=O) groups excluding carboxylic acids is 1. The molecule has 0 atom stereocenters. The van der Waals surface area contributed by atoms with Gasteiger partial charge in [0.2, 0.25) is 0 Å². The van der Waals surface area contributed by atoms with Gasteiger partial charge in [0.25, 0.3) is 0 Å². The fourth-order valence-corrected chi connectivity index (χ4v) is 2.93. The number of rotatable bonds is 4. The first kappa shape index (κ1) is 14.9. The maximum absolute atomic E-state index is 12.0. The lowest BCUT2D eigenvalue weighted by Gasteiger charge is -2.09. The standard InChI is InChI=1S/C14H13BrN2O2S/c1-2-19-14(18)10-8-9(16)5-6-12(10)20-13-11(15)4-3-7-17-13/h3-8H,2,16H2,1H3. The van der Waals surface area contributed by atoms with Crippen molar-refractivity contribution in [1.82, 2.24) is 4.98 Å². The average Bonchev–Trinajstić information content (AvgIpc) is 2.43. The van der Waals surface area contributed by atoms with Crippen LogP contribution in [0.25, 0.3) is 0 Å². The molecule has 6 heteroatoms. The lowest BCUT2D eigenvalue weighted by molar-refractivity contribution is 0.0522. The zero-order valence-electron chi connectivity index (χ0n) is 10.8. The van der Waals surface area contributed by atoms with E-state index in [1.807, 2.05) is 12.1 Å². The van der Waals surface area contributed by atoms with Gasteiger partial charge in [-0.3, -0.25) is 0 Å². The summed E-state index contributed by atoms with van der Waals surface area (Å²) in [6.45, 7) is 2.09. The molecule has 0 unspecified atom stereocenters. The molecule has 2 aromatic rings. The average molecular weight is 353 g/mol. The second-order valence-corrected chi connectivity index (χ2v) is 5.75. The smallest absolute Gasteiger partial charge is 0.339 e. The van der Waals surface area contributed by atoms with Crippen molar-refractivity contribution in [3.63, 3.8) is 0 Å². The summed E-state index contributed by atoms with van der Waals surface area (Å²) < 4.78 is 5.92. The maximum Gasteiger partial charge on any atom is 0.339 e. The van der Waals surface area contributed by atoms with Crippen LogP contribution in [0, 0.1) is 0 Å². The van der Waals surface area contributed by atoms with Crippen LogP contribution in [0.5, 0.6) is 0 Å². The molecule has 0 spiro atoms. The molecule has 0 amide bonds. The largest absolute Gasteiger partial charge is 0.462 e. The Balaban J connectivity index is 2.36. The van der Waals surface area contributed by atoms with Gasteiger partial charge < -0.3 is 10.5 Å². The number of carbonyl (C=O) groups is 1. The normalized spacial score (nSPS) is 10.3. The second-order valence-electron chi connectivity index (χ2n) is 3.87. The van der Waals surface area contributed by atoms with Gasteiger partial charge in [-0.2, -0.15) is 0 Å². The summed E-state index contributed by atoms with van der Waals surface area (Å²) in [4.78, 5) is 17.0. The number of aromatic nitrogens is 1. The molecule has 0 aliphatic heterocycles. The lowest BCUT2D eigenvalue weighted by atomic mass is 10.2. The van der Waals surface area contributed by atoms with Crippen LogP contribution < -0.4 is 5.73 Å². The number of nitrogen functional groups attached to an aromatic ring is 1. The van der Waals surface area contributed by atoms with Gasteiger partial charge in [0.05, 0.1) is 16.6 Å². The quantitative estimate of drug-likeness (QED) is 0.670. The number of anilines is 1. The third-order valence-corrected chi connectivity index (χ3v) is 4.43. The number of benzene rings is 1. The Kier molecular flexibility index (Phi) is 5.03. The summed E-state index contributed by atoms with van der Waals surface area (Å²) in [6.07, 6.45) is 1.70. The van der Waals surface area contributed by atoms with Gasteiger partial charge in [-0.05, 0) is 53.2 Å². The van der Waals surface area contributed by atoms with Crippen LogP contribution in [0.2, 0.25) is 0 Å². The van der Waals surface area contributed by atoms with Crippen molar-refractivity contribution in [2.24, 2.45) is 0 Å². The molecule has 104 valence electrons. The minimum absolute atomic E-state index is 0.324. The van der Waals surface area contributed by atoms with Crippen LogP contribution in [-0.4, -0.2) is 17.6 Å². The van der Waals surface area contributed by atoms with E-state index in [4.69, 9.17) is 10.5 Å². The predicted molar refractivity (Wildman–Crippen MR) is 82.9 cm³/mol. The fraction of sp³-hybridized carbons (Fsp3) is 0.143. The van der Waals surface area contributed by atoms with Crippen molar-refractivity contribution in [2.75, 3.05) is 12.3 Å². The van der Waals surface area contributed by atoms with Crippen molar-refractivity contribution in [1.29, 1.82) is 0 Å². The first-order valence-corrected chi connectivity index (χ1v) is 7.57. The highest BCUT2D eigenvalue weighted by Crippen LogP contribution is 2.34. The molecule has 0 saturated carbocycles. The highest BCUT2D eigenvalue weighted by Gasteiger charge is 2.15. The van der Waals surface area contributed by atoms with Gasteiger partial charge in [0.15, 0.2) is 0 Å². The van der Waals surface area contributed by atoms with Crippen molar-refractivity contribution < 1.29 is 9.53 Å². The van der Waals surface area contributed by atoms with E-state index in [2.05, 4.69) is 20.9 Å². The summed E-state index contributed by atoms with van der Waals surface area (Å²) in [7, 11) is 0. The van der Waals surface area contributed by atoms with E-state index in [1.165, 1.54) is 11.8 Å². The Morgan fingerprint density at radius 1 is 1.45 bits per heavy atom. The van der Waals surface area contributed by atoms with Gasteiger partial charge in [-0.25, -0.2) is 9.78 Å². The topological polar surface area (TPSA) is 65.2 Å². The molecule has 2 rings (SSSR count). The number of hydrogen-bond donors (Lipinski definition) is 1. The minimum Gasteiger partial charge on any atom is -0.462 e. The van der Waals surface area contributed by atoms with Crippen molar-refractivity contribution in [2.45, 2.75) is 16.8 Å². The molecular weight excluding hydrogens is 340 g/mol. The lowest BCUT2D eigenvalue weighted by Crippen LogP contribution is -2.07. The van der Waals surface area contributed by atoms with Crippen LogP contribution in [0.1, 0.15) is 17.3 Å². The van der Waals surface area contributed by atoms with Crippen LogP contribution >= 0.6 is 27.7 Å². The van der Waals surface area contributed by atoms with E-state index in [-0.39, 0.29) is 5.97 Å². The maximum atomic E-state index is 12.0. The van der Waals surface area contributed by atoms with E-state index in [0.717, 1.165) is 14.4 Å². The molecule has 0 fully saturated rings. The van der Waals surface area contributed by atoms with Crippen LogP contribution in [0.4, 0.5) is 5.69 Å². The number of pyridine rings is 1. The molecule has 2 N–H and O–H groups in total. The van der Waals surface area contributed by atoms with Gasteiger partial charge in [-0.15, -0.1) is 0 Å². The second kappa shape index (κ2) is 6.76. The summed E-state index contributed by atoms with van der Waals surface area (Å²) in [5, 5.41) is 0.780. The zero-order valence-corrected chi connectivity index (χ0v) is 13.2. The monoisotopic (exact) mass is 352 g/mol.